The zero-order chi connectivity index (χ0) is 18.4. The van der Waals surface area contributed by atoms with Crippen molar-refractivity contribution < 1.29 is 18.3 Å². The molecule has 1 aromatic carbocycles. The molecule has 3 rings (SSSR count). The summed E-state index contributed by atoms with van der Waals surface area (Å²) in [5.74, 6) is -0.113. The topological polar surface area (TPSA) is 54.5 Å². The average Bonchev–Trinajstić information content (AvgIpc) is 3.04. The van der Waals surface area contributed by atoms with Crippen molar-refractivity contribution in [3.05, 3.63) is 40.9 Å². The number of ether oxygens (including phenoxy) is 1. The quantitative estimate of drug-likeness (QED) is 0.790. The Bertz CT molecular complexity index is 715. The van der Waals surface area contributed by atoms with E-state index in [2.05, 4.69) is 19.9 Å². The SMILES string of the molecule is O=C(Cc1ccc(OC(F)F)cc1)Nc1nc(CN2CCCCC2)cs1. The number of likely N-dealkylation sites (tertiary alicyclic amines) is 1. The fourth-order valence-corrected chi connectivity index (χ4v) is 3.64. The van der Waals surface area contributed by atoms with E-state index in [-0.39, 0.29) is 18.1 Å². The van der Waals surface area contributed by atoms with Crippen molar-refractivity contribution in [2.75, 3.05) is 18.4 Å². The first-order chi connectivity index (χ1) is 12.6. The molecule has 8 heteroatoms. The van der Waals surface area contributed by atoms with Gasteiger partial charge in [0.05, 0.1) is 12.1 Å². The number of hydrogen-bond acceptors (Lipinski definition) is 5. The molecule has 1 N–H and O–H groups in total. The number of benzene rings is 1. The highest BCUT2D eigenvalue weighted by Crippen LogP contribution is 2.20. The van der Waals surface area contributed by atoms with E-state index in [1.807, 2.05) is 5.38 Å². The molecule has 0 bridgehead atoms. The highest BCUT2D eigenvalue weighted by Gasteiger charge is 2.13. The molecule has 2 aromatic rings. The smallest absolute Gasteiger partial charge is 0.387 e. The van der Waals surface area contributed by atoms with E-state index in [0.29, 0.717) is 10.7 Å². The molecule has 0 saturated carbocycles. The van der Waals surface area contributed by atoms with E-state index in [0.717, 1.165) is 25.3 Å². The first-order valence-electron chi connectivity index (χ1n) is 8.59. The molecule has 0 radical (unpaired) electrons. The normalized spacial score (nSPS) is 15.2. The van der Waals surface area contributed by atoms with E-state index >= 15 is 0 Å². The summed E-state index contributed by atoms with van der Waals surface area (Å²) < 4.78 is 28.5. The van der Waals surface area contributed by atoms with Gasteiger partial charge in [0.1, 0.15) is 5.75 Å². The van der Waals surface area contributed by atoms with E-state index < -0.39 is 6.61 Å². The van der Waals surface area contributed by atoms with Gasteiger partial charge in [-0.3, -0.25) is 9.69 Å². The number of carbonyl (C=O) groups is 1. The number of thiazole rings is 1. The summed E-state index contributed by atoms with van der Waals surface area (Å²) in [6, 6.07) is 6.05. The number of nitrogens with zero attached hydrogens (tertiary/aromatic N) is 2. The summed E-state index contributed by atoms with van der Waals surface area (Å²) in [4.78, 5) is 19.0. The number of carbonyl (C=O) groups excluding carboxylic acids is 1. The molecule has 0 unspecified atom stereocenters. The van der Waals surface area contributed by atoms with Crippen LogP contribution in [0.3, 0.4) is 0 Å². The Morgan fingerprint density at radius 3 is 2.65 bits per heavy atom. The predicted octanol–water partition coefficient (Wildman–Crippen LogP) is 3.91. The van der Waals surface area contributed by atoms with Gasteiger partial charge < -0.3 is 10.1 Å². The van der Waals surface area contributed by atoms with E-state index in [9.17, 15) is 13.6 Å². The zero-order valence-corrected chi connectivity index (χ0v) is 15.1. The zero-order valence-electron chi connectivity index (χ0n) is 14.3. The Morgan fingerprint density at radius 2 is 1.96 bits per heavy atom. The molecule has 1 aliphatic rings. The van der Waals surface area contributed by atoms with Crippen molar-refractivity contribution in [2.45, 2.75) is 38.8 Å². The second kappa shape index (κ2) is 9.05. The lowest BCUT2D eigenvalue weighted by Gasteiger charge is -2.25. The lowest BCUT2D eigenvalue weighted by atomic mass is 10.1. The maximum Gasteiger partial charge on any atom is 0.387 e. The molecule has 1 saturated heterocycles. The lowest BCUT2D eigenvalue weighted by Crippen LogP contribution is -2.29. The summed E-state index contributed by atoms with van der Waals surface area (Å²) >= 11 is 1.41. The highest BCUT2D eigenvalue weighted by atomic mass is 32.1. The maximum atomic E-state index is 12.1. The summed E-state index contributed by atoms with van der Waals surface area (Å²) in [7, 11) is 0. The third-order valence-corrected chi connectivity index (χ3v) is 4.95. The third-order valence-electron chi connectivity index (χ3n) is 4.15. The van der Waals surface area contributed by atoms with E-state index in [1.165, 1.54) is 42.7 Å². The van der Waals surface area contributed by atoms with Crippen molar-refractivity contribution in [2.24, 2.45) is 0 Å². The average molecular weight is 381 g/mol. The molecule has 0 aliphatic carbocycles. The molecule has 26 heavy (non-hydrogen) atoms. The van der Waals surface area contributed by atoms with Crippen LogP contribution in [0.4, 0.5) is 13.9 Å². The van der Waals surface area contributed by atoms with Crippen molar-refractivity contribution in [1.82, 2.24) is 9.88 Å². The van der Waals surface area contributed by atoms with Gasteiger partial charge in [-0.05, 0) is 43.6 Å². The molecule has 2 heterocycles. The van der Waals surface area contributed by atoms with Crippen LogP contribution in [0.2, 0.25) is 0 Å². The molecule has 140 valence electrons. The maximum absolute atomic E-state index is 12.1. The number of alkyl halides is 2. The Balaban J connectivity index is 1.48. The first kappa shape index (κ1) is 18.7. The van der Waals surface area contributed by atoms with Crippen LogP contribution in [0, 0.1) is 0 Å². The molecular weight excluding hydrogens is 360 g/mol. The molecule has 0 spiro atoms. The number of amides is 1. The molecule has 0 atom stereocenters. The fraction of sp³-hybridized carbons (Fsp3) is 0.444. The fourth-order valence-electron chi connectivity index (χ4n) is 2.92. The Morgan fingerprint density at radius 1 is 1.23 bits per heavy atom. The van der Waals surface area contributed by atoms with Gasteiger partial charge >= 0.3 is 6.61 Å². The van der Waals surface area contributed by atoms with Crippen LogP contribution in [-0.4, -0.2) is 35.5 Å². The number of halogens is 2. The molecule has 1 amide bonds. The molecule has 5 nitrogen and oxygen atoms in total. The largest absolute Gasteiger partial charge is 0.435 e. The van der Waals surface area contributed by atoms with Gasteiger partial charge in [-0.25, -0.2) is 4.98 Å². The van der Waals surface area contributed by atoms with Crippen LogP contribution < -0.4 is 10.1 Å². The van der Waals surface area contributed by atoms with E-state index in [4.69, 9.17) is 0 Å². The number of aromatic nitrogens is 1. The number of rotatable bonds is 7. The van der Waals surface area contributed by atoms with Crippen molar-refractivity contribution in [3.8, 4) is 5.75 Å². The Hall–Kier alpha value is -2.06. The summed E-state index contributed by atoms with van der Waals surface area (Å²) in [6.07, 6.45) is 3.91. The molecule has 1 fully saturated rings. The van der Waals surface area contributed by atoms with Crippen LogP contribution in [-0.2, 0) is 17.8 Å². The molecule has 1 aliphatic heterocycles. The molecule has 1 aromatic heterocycles. The Kier molecular flexibility index (Phi) is 6.51. The van der Waals surface area contributed by atoms with Gasteiger partial charge in [-0.15, -0.1) is 11.3 Å². The van der Waals surface area contributed by atoms with Gasteiger partial charge in [0, 0.05) is 11.9 Å². The van der Waals surface area contributed by atoms with Gasteiger partial charge in [-0.1, -0.05) is 18.6 Å². The van der Waals surface area contributed by atoms with E-state index in [1.54, 1.807) is 12.1 Å². The van der Waals surface area contributed by atoms with Crippen molar-refractivity contribution in [1.29, 1.82) is 0 Å². The number of anilines is 1. The second-order valence-electron chi connectivity index (χ2n) is 6.23. The van der Waals surface area contributed by atoms with Crippen molar-refractivity contribution in [3.63, 3.8) is 0 Å². The summed E-state index contributed by atoms with van der Waals surface area (Å²) in [5, 5.41) is 5.35. The lowest BCUT2D eigenvalue weighted by molar-refractivity contribution is -0.115. The van der Waals surface area contributed by atoms with Gasteiger partial charge in [0.2, 0.25) is 5.91 Å². The van der Waals surface area contributed by atoms with Gasteiger partial charge in [0.25, 0.3) is 0 Å². The minimum atomic E-state index is -2.85. The van der Waals surface area contributed by atoms with Gasteiger partial charge in [0.15, 0.2) is 5.13 Å². The predicted molar refractivity (Wildman–Crippen MR) is 96.6 cm³/mol. The molecular formula is C18H21F2N3O2S. The minimum absolute atomic E-state index is 0.0754. The highest BCUT2D eigenvalue weighted by molar-refractivity contribution is 7.13. The van der Waals surface area contributed by atoms with Gasteiger partial charge in [-0.2, -0.15) is 8.78 Å². The van der Waals surface area contributed by atoms with Crippen LogP contribution >= 0.6 is 11.3 Å². The van der Waals surface area contributed by atoms with Crippen LogP contribution in [0.15, 0.2) is 29.6 Å². The monoisotopic (exact) mass is 381 g/mol. The standard InChI is InChI=1S/C18H21F2N3O2S/c19-17(20)25-15-6-4-13(5-7-15)10-16(24)22-18-21-14(12-26-18)11-23-8-2-1-3-9-23/h4-7,12,17H,1-3,8-11H2,(H,21,22,24). The minimum Gasteiger partial charge on any atom is -0.435 e. The number of hydrogen-bond donors (Lipinski definition) is 1. The third kappa shape index (κ3) is 5.74. The number of piperidine rings is 1. The second-order valence-corrected chi connectivity index (χ2v) is 7.09. The van der Waals surface area contributed by atoms with Crippen LogP contribution in [0.25, 0.3) is 0 Å². The van der Waals surface area contributed by atoms with Crippen molar-refractivity contribution >= 4 is 22.4 Å². The Labute approximate surface area is 155 Å². The first-order valence-corrected chi connectivity index (χ1v) is 9.47. The van der Waals surface area contributed by atoms with Crippen LogP contribution in [0.5, 0.6) is 5.75 Å². The summed E-state index contributed by atoms with van der Waals surface area (Å²) in [5.41, 5.74) is 1.69. The summed E-state index contributed by atoms with van der Waals surface area (Å²) in [6.45, 7) is 0.167. The number of nitrogens with one attached hydrogen (secondary N) is 1. The van der Waals surface area contributed by atoms with Crippen LogP contribution in [0.1, 0.15) is 30.5 Å².